The number of ether oxygens (including phenoxy) is 2. The number of rotatable bonds is 7. The highest BCUT2D eigenvalue weighted by Gasteiger charge is 2.41. The van der Waals surface area contributed by atoms with Gasteiger partial charge in [-0.3, -0.25) is 9.59 Å². The molecule has 1 N–H and O–H groups in total. The fourth-order valence-corrected chi connectivity index (χ4v) is 3.61. The number of nitrogens with one attached hydrogen (secondary N) is 1. The second-order valence-electron chi connectivity index (χ2n) is 7.02. The Morgan fingerprint density at radius 3 is 2.69 bits per heavy atom. The van der Waals surface area contributed by atoms with Gasteiger partial charge in [0.1, 0.15) is 11.3 Å². The van der Waals surface area contributed by atoms with Crippen LogP contribution in [-0.2, 0) is 9.59 Å². The molecule has 1 aromatic carbocycles. The molecule has 1 heterocycles. The molecule has 0 bridgehead atoms. The molecule has 0 saturated heterocycles. The molecular formula is C21H24FN3O4. The first-order chi connectivity index (χ1) is 14.0. The van der Waals surface area contributed by atoms with Gasteiger partial charge in [-0.15, -0.1) is 0 Å². The molecule has 1 fully saturated rings. The standard InChI is InChI=1S/C21H24FN3O4/c1-25(20(27)21(24-14-26)9-4-3-5-10-21)15-8-11-23-19(12-15)29-16-6-7-17(22)18(13-16)28-2/h6-8,11-14H,3-5,9-10H2,1-2H3,(H,24,26). The Balaban J connectivity index is 1.81. The molecule has 0 aliphatic heterocycles. The molecule has 2 amide bonds. The number of nitrogens with zero attached hydrogens (tertiary/aromatic N) is 2. The van der Waals surface area contributed by atoms with Crippen LogP contribution in [-0.4, -0.2) is 37.0 Å². The monoisotopic (exact) mass is 401 g/mol. The van der Waals surface area contributed by atoms with Crippen LogP contribution < -0.4 is 19.7 Å². The van der Waals surface area contributed by atoms with Crippen molar-refractivity contribution in [3.63, 3.8) is 0 Å². The van der Waals surface area contributed by atoms with Crippen molar-refractivity contribution in [3.05, 3.63) is 42.3 Å². The van der Waals surface area contributed by atoms with E-state index < -0.39 is 11.4 Å². The van der Waals surface area contributed by atoms with Gasteiger partial charge in [0.15, 0.2) is 11.6 Å². The number of pyridine rings is 1. The normalized spacial score (nSPS) is 15.3. The number of carbonyl (C=O) groups excluding carboxylic acids is 2. The minimum Gasteiger partial charge on any atom is -0.494 e. The zero-order chi connectivity index (χ0) is 20.9. The third-order valence-corrected chi connectivity index (χ3v) is 5.21. The first-order valence-corrected chi connectivity index (χ1v) is 9.46. The summed E-state index contributed by atoms with van der Waals surface area (Å²) < 4.78 is 24.2. The maximum Gasteiger partial charge on any atom is 0.252 e. The van der Waals surface area contributed by atoms with E-state index in [1.54, 1.807) is 19.2 Å². The topological polar surface area (TPSA) is 80.8 Å². The number of hydrogen-bond acceptors (Lipinski definition) is 5. The summed E-state index contributed by atoms with van der Waals surface area (Å²) in [6, 6.07) is 7.43. The van der Waals surface area contributed by atoms with Gasteiger partial charge in [0.05, 0.1) is 12.8 Å². The minimum atomic E-state index is -0.886. The van der Waals surface area contributed by atoms with Crippen LogP contribution in [0.15, 0.2) is 36.5 Å². The van der Waals surface area contributed by atoms with E-state index in [2.05, 4.69) is 10.3 Å². The number of methoxy groups -OCH3 is 1. The Morgan fingerprint density at radius 2 is 2.00 bits per heavy atom. The van der Waals surface area contributed by atoms with Gasteiger partial charge in [0, 0.05) is 25.4 Å². The molecule has 0 spiro atoms. The summed E-state index contributed by atoms with van der Waals surface area (Å²) >= 11 is 0. The predicted octanol–water partition coefficient (Wildman–Crippen LogP) is 3.43. The summed E-state index contributed by atoms with van der Waals surface area (Å²) in [5.74, 6) is -0.00696. The fraction of sp³-hybridized carbons (Fsp3) is 0.381. The van der Waals surface area contributed by atoms with Gasteiger partial charge < -0.3 is 19.7 Å². The largest absolute Gasteiger partial charge is 0.494 e. The molecule has 1 aromatic heterocycles. The zero-order valence-corrected chi connectivity index (χ0v) is 16.5. The summed E-state index contributed by atoms with van der Waals surface area (Å²) in [6.07, 6.45) is 6.16. The van der Waals surface area contributed by atoms with Gasteiger partial charge in [0.2, 0.25) is 12.3 Å². The van der Waals surface area contributed by atoms with E-state index in [1.165, 1.54) is 36.4 Å². The molecule has 154 valence electrons. The minimum absolute atomic E-state index is 0.0603. The third-order valence-electron chi connectivity index (χ3n) is 5.21. The number of benzene rings is 1. The Kier molecular flexibility index (Phi) is 6.31. The van der Waals surface area contributed by atoms with Crippen LogP contribution >= 0.6 is 0 Å². The molecule has 8 heteroatoms. The van der Waals surface area contributed by atoms with Crippen molar-refractivity contribution in [2.75, 3.05) is 19.1 Å². The van der Waals surface area contributed by atoms with E-state index in [0.29, 0.717) is 30.7 Å². The molecule has 1 aliphatic rings. The number of aromatic nitrogens is 1. The highest BCUT2D eigenvalue weighted by molar-refractivity contribution is 6.01. The van der Waals surface area contributed by atoms with Crippen molar-refractivity contribution < 1.29 is 23.5 Å². The molecule has 7 nitrogen and oxygen atoms in total. The molecular weight excluding hydrogens is 377 g/mol. The lowest BCUT2D eigenvalue weighted by Crippen LogP contribution is -2.58. The molecule has 1 aliphatic carbocycles. The van der Waals surface area contributed by atoms with E-state index in [9.17, 15) is 14.0 Å². The first-order valence-electron chi connectivity index (χ1n) is 9.46. The number of carbonyl (C=O) groups is 2. The molecule has 29 heavy (non-hydrogen) atoms. The first kappa shape index (κ1) is 20.6. The lowest BCUT2D eigenvalue weighted by molar-refractivity contribution is -0.129. The Morgan fingerprint density at radius 1 is 1.24 bits per heavy atom. The SMILES string of the molecule is COc1cc(Oc2cc(N(C)C(=O)C3(NC=O)CCCCC3)ccn2)ccc1F. The van der Waals surface area contributed by atoms with Crippen LogP contribution in [0.5, 0.6) is 17.4 Å². The Hall–Kier alpha value is -3.16. The van der Waals surface area contributed by atoms with E-state index in [1.807, 2.05) is 0 Å². The van der Waals surface area contributed by atoms with E-state index in [-0.39, 0.29) is 17.5 Å². The second-order valence-corrected chi connectivity index (χ2v) is 7.02. The molecule has 0 atom stereocenters. The van der Waals surface area contributed by atoms with E-state index >= 15 is 0 Å². The summed E-state index contributed by atoms with van der Waals surface area (Å²) in [4.78, 5) is 30.0. The molecule has 1 saturated carbocycles. The van der Waals surface area contributed by atoms with Crippen molar-refractivity contribution in [2.45, 2.75) is 37.6 Å². The van der Waals surface area contributed by atoms with Crippen molar-refractivity contribution in [1.29, 1.82) is 0 Å². The van der Waals surface area contributed by atoms with Crippen LogP contribution in [0, 0.1) is 5.82 Å². The number of anilines is 1. The smallest absolute Gasteiger partial charge is 0.252 e. The van der Waals surface area contributed by atoms with Gasteiger partial charge in [-0.1, -0.05) is 19.3 Å². The molecule has 2 aromatic rings. The van der Waals surface area contributed by atoms with Gasteiger partial charge in [0.25, 0.3) is 5.91 Å². The van der Waals surface area contributed by atoms with Crippen molar-refractivity contribution >= 4 is 18.0 Å². The molecule has 0 unspecified atom stereocenters. The van der Waals surface area contributed by atoms with E-state index in [0.717, 1.165) is 19.3 Å². The zero-order valence-electron chi connectivity index (χ0n) is 16.5. The summed E-state index contributed by atoms with van der Waals surface area (Å²) in [7, 11) is 3.03. The number of amides is 2. The quantitative estimate of drug-likeness (QED) is 0.719. The molecule has 0 radical (unpaired) electrons. The number of likely N-dealkylation sites (N-methyl/N-ethyl adjacent to an activating group) is 1. The van der Waals surface area contributed by atoms with Crippen LogP contribution in [0.2, 0.25) is 0 Å². The summed E-state index contributed by atoms with van der Waals surface area (Å²) in [5.41, 5.74) is -0.310. The lowest BCUT2D eigenvalue weighted by Gasteiger charge is -2.38. The lowest BCUT2D eigenvalue weighted by atomic mass is 9.80. The summed E-state index contributed by atoms with van der Waals surface area (Å²) in [5, 5.41) is 2.75. The van der Waals surface area contributed by atoms with Crippen LogP contribution in [0.3, 0.4) is 0 Å². The van der Waals surface area contributed by atoms with Crippen molar-refractivity contribution in [1.82, 2.24) is 10.3 Å². The summed E-state index contributed by atoms with van der Waals surface area (Å²) in [6.45, 7) is 0. The maximum absolute atomic E-state index is 13.6. The number of hydrogen-bond donors (Lipinski definition) is 1. The highest BCUT2D eigenvalue weighted by Crippen LogP contribution is 2.32. The molecule has 3 rings (SSSR count). The third kappa shape index (κ3) is 4.47. The van der Waals surface area contributed by atoms with Crippen molar-refractivity contribution in [2.24, 2.45) is 0 Å². The van der Waals surface area contributed by atoms with Gasteiger partial charge in [-0.2, -0.15) is 0 Å². The average molecular weight is 401 g/mol. The fourth-order valence-electron chi connectivity index (χ4n) is 3.61. The van der Waals surface area contributed by atoms with Gasteiger partial charge >= 0.3 is 0 Å². The van der Waals surface area contributed by atoms with Crippen LogP contribution in [0.4, 0.5) is 10.1 Å². The van der Waals surface area contributed by atoms with Crippen molar-refractivity contribution in [3.8, 4) is 17.4 Å². The van der Waals surface area contributed by atoms with E-state index in [4.69, 9.17) is 9.47 Å². The predicted molar refractivity (Wildman–Crippen MR) is 106 cm³/mol. The van der Waals surface area contributed by atoms with Crippen LogP contribution in [0.25, 0.3) is 0 Å². The van der Waals surface area contributed by atoms with Gasteiger partial charge in [-0.05, 0) is 31.0 Å². The van der Waals surface area contributed by atoms with Crippen LogP contribution in [0.1, 0.15) is 32.1 Å². The maximum atomic E-state index is 13.6. The highest BCUT2D eigenvalue weighted by atomic mass is 19.1. The average Bonchev–Trinajstić information content (AvgIpc) is 2.75. The van der Waals surface area contributed by atoms with Gasteiger partial charge in [-0.25, -0.2) is 9.37 Å². The Bertz CT molecular complexity index is 884. The number of halogens is 1. The second kappa shape index (κ2) is 8.89. The Labute approximate surface area is 168 Å².